The first-order chi connectivity index (χ1) is 9.65. The minimum atomic E-state index is -0.336. The molecule has 2 heterocycles. The van der Waals surface area contributed by atoms with Gasteiger partial charge in [-0.2, -0.15) is 0 Å². The maximum atomic E-state index is 11.8. The van der Waals surface area contributed by atoms with E-state index in [1.165, 1.54) is 37.3 Å². The van der Waals surface area contributed by atoms with Crippen molar-refractivity contribution >= 4 is 11.0 Å². The van der Waals surface area contributed by atoms with Crippen LogP contribution in [0.2, 0.25) is 0 Å². The molecule has 106 valence electrons. The van der Waals surface area contributed by atoms with Crippen LogP contribution < -0.4 is 10.5 Å². The average Bonchev–Trinajstić information content (AvgIpc) is 2.44. The van der Waals surface area contributed by atoms with E-state index in [1.807, 2.05) is 6.07 Å². The van der Waals surface area contributed by atoms with E-state index < -0.39 is 0 Å². The van der Waals surface area contributed by atoms with Crippen molar-refractivity contribution < 1.29 is 14.4 Å². The lowest BCUT2D eigenvalue weighted by atomic mass is 10.0. The number of nitrogens with one attached hydrogen (secondary N) is 1. The van der Waals surface area contributed by atoms with Gasteiger partial charge in [-0.15, -0.1) is 0 Å². The van der Waals surface area contributed by atoms with Crippen molar-refractivity contribution in [3.8, 4) is 5.75 Å². The summed E-state index contributed by atoms with van der Waals surface area (Å²) in [5, 5.41) is 10.7. The summed E-state index contributed by atoms with van der Waals surface area (Å²) in [7, 11) is 0. The minimum Gasteiger partial charge on any atom is -0.508 e. The maximum Gasteiger partial charge on any atom is 0.336 e. The molecule has 0 aliphatic carbocycles. The molecule has 4 heteroatoms. The molecule has 2 N–H and O–H groups in total. The van der Waals surface area contributed by atoms with Crippen LogP contribution in [0.1, 0.15) is 30.4 Å². The summed E-state index contributed by atoms with van der Waals surface area (Å²) in [4.78, 5) is 13.3. The predicted octanol–water partition coefficient (Wildman–Crippen LogP) is 1.38. The Balaban J connectivity index is 2.05. The summed E-state index contributed by atoms with van der Waals surface area (Å²) in [5.41, 5.74) is 1.84. The lowest BCUT2D eigenvalue weighted by molar-refractivity contribution is -0.918. The van der Waals surface area contributed by atoms with E-state index in [-0.39, 0.29) is 11.4 Å². The molecule has 0 bridgehead atoms. The van der Waals surface area contributed by atoms with Crippen molar-refractivity contribution in [2.24, 2.45) is 0 Å². The van der Waals surface area contributed by atoms with Crippen LogP contribution in [0.5, 0.6) is 5.75 Å². The zero-order chi connectivity index (χ0) is 14.1. The molecule has 1 aliphatic heterocycles. The SMILES string of the molecule is Cc1c(O)ccc2c(C[NH+]3CCCCC3)cc(=O)oc12. The molecule has 0 spiro atoms. The summed E-state index contributed by atoms with van der Waals surface area (Å²) < 4.78 is 5.28. The van der Waals surface area contributed by atoms with Gasteiger partial charge in [-0.3, -0.25) is 0 Å². The van der Waals surface area contributed by atoms with Gasteiger partial charge in [-0.05, 0) is 38.3 Å². The highest BCUT2D eigenvalue weighted by Crippen LogP contribution is 2.27. The van der Waals surface area contributed by atoms with Gasteiger partial charge in [0.2, 0.25) is 0 Å². The Morgan fingerprint density at radius 2 is 2.00 bits per heavy atom. The Morgan fingerprint density at radius 3 is 2.75 bits per heavy atom. The van der Waals surface area contributed by atoms with Gasteiger partial charge in [-0.25, -0.2) is 4.79 Å². The number of hydrogen-bond acceptors (Lipinski definition) is 3. The first kappa shape index (κ1) is 13.2. The molecule has 1 fully saturated rings. The second kappa shape index (κ2) is 5.29. The molecule has 1 aromatic carbocycles. The van der Waals surface area contributed by atoms with Gasteiger partial charge in [0.25, 0.3) is 0 Å². The number of quaternary nitrogens is 1. The Kier molecular flexibility index (Phi) is 3.49. The van der Waals surface area contributed by atoms with Gasteiger partial charge in [0.15, 0.2) is 0 Å². The van der Waals surface area contributed by atoms with Crippen molar-refractivity contribution in [3.63, 3.8) is 0 Å². The fraction of sp³-hybridized carbons (Fsp3) is 0.438. The zero-order valence-electron chi connectivity index (χ0n) is 11.7. The van der Waals surface area contributed by atoms with Crippen molar-refractivity contribution in [3.05, 3.63) is 39.7 Å². The Bertz CT molecular complexity index is 684. The largest absolute Gasteiger partial charge is 0.508 e. The number of fused-ring (bicyclic) bond motifs is 1. The fourth-order valence-corrected chi connectivity index (χ4v) is 3.06. The van der Waals surface area contributed by atoms with Gasteiger partial charge in [0, 0.05) is 22.6 Å². The Morgan fingerprint density at radius 1 is 1.25 bits per heavy atom. The van der Waals surface area contributed by atoms with E-state index in [1.54, 1.807) is 19.1 Å². The maximum absolute atomic E-state index is 11.8. The zero-order valence-corrected chi connectivity index (χ0v) is 11.7. The molecule has 1 aromatic heterocycles. The molecule has 2 aromatic rings. The van der Waals surface area contributed by atoms with Gasteiger partial charge in [0.05, 0.1) is 13.1 Å². The summed E-state index contributed by atoms with van der Waals surface area (Å²) in [6, 6.07) is 5.12. The molecule has 1 saturated heterocycles. The predicted molar refractivity (Wildman–Crippen MR) is 77.1 cm³/mol. The number of phenolic OH excluding ortho intramolecular Hbond substituents is 1. The summed E-state index contributed by atoms with van der Waals surface area (Å²) in [6.07, 6.45) is 3.83. The van der Waals surface area contributed by atoms with E-state index in [0.717, 1.165) is 17.5 Å². The van der Waals surface area contributed by atoms with Gasteiger partial charge in [-0.1, -0.05) is 0 Å². The van der Waals surface area contributed by atoms with E-state index in [2.05, 4.69) is 0 Å². The molecule has 0 amide bonds. The Hall–Kier alpha value is -1.81. The van der Waals surface area contributed by atoms with Crippen molar-refractivity contribution in [1.29, 1.82) is 0 Å². The molecule has 0 radical (unpaired) electrons. The molecule has 4 nitrogen and oxygen atoms in total. The molecule has 1 aliphatic rings. The highest BCUT2D eigenvalue weighted by Gasteiger charge is 2.17. The number of aryl methyl sites for hydroxylation is 1. The van der Waals surface area contributed by atoms with Crippen LogP contribution in [-0.2, 0) is 6.54 Å². The molecule has 20 heavy (non-hydrogen) atoms. The third kappa shape index (κ3) is 2.43. The van der Waals surface area contributed by atoms with Crippen LogP contribution >= 0.6 is 0 Å². The normalized spacial score (nSPS) is 16.6. The summed E-state index contributed by atoms with van der Waals surface area (Å²) >= 11 is 0. The Labute approximate surface area is 117 Å². The van der Waals surface area contributed by atoms with E-state index in [0.29, 0.717) is 11.1 Å². The van der Waals surface area contributed by atoms with Crippen LogP contribution in [0.3, 0.4) is 0 Å². The van der Waals surface area contributed by atoms with Crippen molar-refractivity contribution in [1.82, 2.24) is 0 Å². The number of hydrogen-bond donors (Lipinski definition) is 2. The van der Waals surface area contributed by atoms with E-state index in [4.69, 9.17) is 4.42 Å². The smallest absolute Gasteiger partial charge is 0.336 e. The lowest BCUT2D eigenvalue weighted by Gasteiger charge is -2.23. The molecular formula is C16H20NO3+. The molecule has 0 saturated carbocycles. The second-order valence-electron chi connectivity index (χ2n) is 5.66. The molecular weight excluding hydrogens is 254 g/mol. The van der Waals surface area contributed by atoms with Crippen LogP contribution in [0.25, 0.3) is 11.0 Å². The quantitative estimate of drug-likeness (QED) is 0.813. The first-order valence-corrected chi connectivity index (χ1v) is 7.24. The number of likely N-dealkylation sites (tertiary alicyclic amines) is 1. The number of aromatic hydroxyl groups is 1. The summed E-state index contributed by atoms with van der Waals surface area (Å²) in [5.74, 6) is 0.170. The third-order valence-electron chi connectivity index (χ3n) is 4.22. The number of benzene rings is 1. The number of rotatable bonds is 2. The van der Waals surface area contributed by atoms with Crippen molar-refractivity contribution in [2.75, 3.05) is 13.1 Å². The first-order valence-electron chi connectivity index (χ1n) is 7.24. The van der Waals surface area contributed by atoms with Crippen LogP contribution in [0.15, 0.2) is 27.4 Å². The van der Waals surface area contributed by atoms with Crippen LogP contribution in [0.4, 0.5) is 0 Å². The van der Waals surface area contributed by atoms with E-state index >= 15 is 0 Å². The van der Waals surface area contributed by atoms with E-state index in [9.17, 15) is 9.90 Å². The highest BCUT2D eigenvalue weighted by molar-refractivity contribution is 5.84. The number of piperidine rings is 1. The fourth-order valence-electron chi connectivity index (χ4n) is 3.06. The second-order valence-corrected chi connectivity index (χ2v) is 5.66. The molecule has 0 atom stereocenters. The molecule has 0 unspecified atom stereocenters. The van der Waals surface area contributed by atoms with Crippen LogP contribution in [-0.4, -0.2) is 18.2 Å². The van der Waals surface area contributed by atoms with Crippen molar-refractivity contribution in [2.45, 2.75) is 32.7 Å². The minimum absolute atomic E-state index is 0.170. The highest BCUT2D eigenvalue weighted by atomic mass is 16.4. The lowest BCUT2D eigenvalue weighted by Crippen LogP contribution is -3.11. The number of phenols is 1. The van der Waals surface area contributed by atoms with Gasteiger partial charge in [0.1, 0.15) is 17.9 Å². The standard InChI is InChI=1S/C16H19NO3/c1-11-14(18)6-5-13-12(9-15(19)20-16(11)13)10-17-7-3-2-4-8-17/h5-6,9,18H,2-4,7-8,10H2,1H3/p+1. The topological polar surface area (TPSA) is 54.9 Å². The van der Waals surface area contributed by atoms with Gasteiger partial charge < -0.3 is 14.4 Å². The van der Waals surface area contributed by atoms with Gasteiger partial charge >= 0.3 is 5.63 Å². The average molecular weight is 274 g/mol. The third-order valence-corrected chi connectivity index (χ3v) is 4.22. The monoisotopic (exact) mass is 274 g/mol. The summed E-state index contributed by atoms with van der Waals surface area (Å²) in [6.45, 7) is 4.96. The van der Waals surface area contributed by atoms with Crippen LogP contribution in [0, 0.1) is 6.92 Å². The molecule has 3 rings (SSSR count).